The smallest absolute Gasteiger partial charge is 0.0267 e. The van der Waals surface area contributed by atoms with E-state index in [-0.39, 0.29) is 4.70 Å². The summed E-state index contributed by atoms with van der Waals surface area (Å²) in [5.41, 5.74) is 0. The zero-order valence-corrected chi connectivity index (χ0v) is 18.0. The van der Waals surface area contributed by atoms with Crippen molar-refractivity contribution in [1.29, 1.82) is 0 Å². The molecule has 0 nitrogen and oxygen atoms in total. The Labute approximate surface area is 149 Å². The normalized spacial score (nSPS) is 10.2. The molecule has 0 spiro atoms. The van der Waals surface area contributed by atoms with Gasteiger partial charge >= 0.3 is 0 Å². The molecular weight excluding hydrogens is 283 g/mol. The van der Waals surface area contributed by atoms with Crippen molar-refractivity contribution in [3.8, 4) is 0 Å². The number of rotatable bonds is 7. The van der Waals surface area contributed by atoms with Crippen molar-refractivity contribution >= 4 is 0 Å². The second kappa shape index (κ2) is 37.6. The van der Waals surface area contributed by atoms with Crippen molar-refractivity contribution in [3.05, 3.63) is 24.8 Å². The molecule has 1 unspecified atom stereocenters. The molecule has 0 amide bonds. The molecule has 0 aromatic rings. The van der Waals surface area contributed by atoms with Crippen LogP contribution in [-0.4, -0.2) is 0 Å². The Balaban J connectivity index is -0.0000000624. The maximum absolute atomic E-state index is 3.63. The van der Waals surface area contributed by atoms with Crippen molar-refractivity contribution < 1.29 is 4.70 Å². The fourth-order valence-corrected chi connectivity index (χ4v) is 0.789. The standard InChI is InChI=1S/C6H14.2C6H12.C4H10.FH/c2*1-4-6(3)5-2;1-3-5-6-4-2;1-3-4-2;/h6H,4-5H2,1-3H3;4,6H,1,5H2,2-3H3;5-6H,3-4H2,1-2H3;3-4H2,1-2H3;1H. The maximum atomic E-state index is 3.63. The SMILES string of the molecule is C=CC(C)CC.CCC(C)CC.CCC=CCC.CCCC.F. The van der Waals surface area contributed by atoms with Crippen LogP contribution >= 0.6 is 0 Å². The summed E-state index contributed by atoms with van der Waals surface area (Å²) in [4.78, 5) is 0. The van der Waals surface area contributed by atoms with Crippen molar-refractivity contribution in [2.45, 2.75) is 107 Å². The van der Waals surface area contributed by atoms with E-state index in [0.29, 0.717) is 5.92 Å². The minimum Gasteiger partial charge on any atom is -0.269 e. The molecule has 0 aliphatic heterocycles. The molecule has 0 fully saturated rings. The van der Waals surface area contributed by atoms with Crippen LogP contribution in [0, 0.1) is 11.8 Å². The van der Waals surface area contributed by atoms with E-state index >= 15 is 0 Å². The van der Waals surface area contributed by atoms with Gasteiger partial charge in [0, 0.05) is 0 Å². The van der Waals surface area contributed by atoms with Crippen LogP contribution in [0.2, 0.25) is 0 Å². The fraction of sp³-hybridized carbons (Fsp3) is 0.818. The van der Waals surface area contributed by atoms with Crippen molar-refractivity contribution in [3.63, 3.8) is 0 Å². The molecule has 0 saturated carbocycles. The molecule has 0 bridgehead atoms. The Morgan fingerprint density at radius 2 is 1.04 bits per heavy atom. The molecule has 0 N–H and O–H groups in total. The van der Waals surface area contributed by atoms with Gasteiger partial charge in [-0.05, 0) is 24.7 Å². The Kier molecular flexibility index (Phi) is 55.3. The third-order valence-electron chi connectivity index (χ3n) is 3.58. The summed E-state index contributed by atoms with van der Waals surface area (Å²) in [5.74, 6) is 1.63. The summed E-state index contributed by atoms with van der Waals surface area (Å²) >= 11 is 0. The van der Waals surface area contributed by atoms with E-state index < -0.39 is 0 Å². The first-order chi connectivity index (χ1) is 10.4. The van der Waals surface area contributed by atoms with Gasteiger partial charge in [-0.15, -0.1) is 6.58 Å². The molecule has 0 aliphatic carbocycles. The fourth-order valence-electron chi connectivity index (χ4n) is 0.789. The van der Waals surface area contributed by atoms with Gasteiger partial charge in [0.15, 0.2) is 0 Å². The molecular formula is C22H49F. The number of hydrogen-bond donors (Lipinski definition) is 0. The predicted molar refractivity (Wildman–Crippen MR) is 112 cm³/mol. The lowest BCUT2D eigenvalue weighted by molar-refractivity contribution is 0.544. The maximum Gasteiger partial charge on any atom is -0.0267 e. The quantitative estimate of drug-likeness (QED) is 0.408. The van der Waals surface area contributed by atoms with E-state index in [9.17, 15) is 0 Å². The lowest BCUT2D eigenvalue weighted by atomic mass is 10.1. The van der Waals surface area contributed by atoms with Gasteiger partial charge in [0.05, 0.1) is 0 Å². The molecule has 0 aromatic heterocycles. The van der Waals surface area contributed by atoms with Crippen LogP contribution in [-0.2, 0) is 0 Å². The Morgan fingerprint density at radius 1 is 0.696 bits per heavy atom. The van der Waals surface area contributed by atoms with E-state index in [2.05, 4.69) is 81.0 Å². The van der Waals surface area contributed by atoms with Crippen LogP contribution in [0.5, 0.6) is 0 Å². The van der Waals surface area contributed by atoms with Crippen LogP contribution in [0.3, 0.4) is 0 Å². The average Bonchev–Trinajstić information content (AvgIpc) is 2.59. The zero-order valence-electron chi connectivity index (χ0n) is 18.0. The molecule has 23 heavy (non-hydrogen) atoms. The number of halogens is 1. The molecule has 0 radical (unpaired) electrons. The largest absolute Gasteiger partial charge is 0.269 e. The summed E-state index contributed by atoms with van der Waals surface area (Å²) in [6.07, 6.45) is 15.2. The molecule has 0 saturated heterocycles. The average molecular weight is 333 g/mol. The van der Waals surface area contributed by atoms with Gasteiger partial charge < -0.3 is 0 Å². The Bertz CT molecular complexity index is 172. The topological polar surface area (TPSA) is 0 Å². The lowest BCUT2D eigenvalue weighted by Crippen LogP contribution is -1.85. The highest BCUT2D eigenvalue weighted by atomic mass is 19.0. The molecule has 0 aliphatic rings. The van der Waals surface area contributed by atoms with Crippen LogP contribution in [0.15, 0.2) is 24.8 Å². The number of hydrogen-bond acceptors (Lipinski definition) is 0. The summed E-state index contributed by atoms with van der Waals surface area (Å²) in [7, 11) is 0. The summed E-state index contributed by atoms with van der Waals surface area (Å²) < 4.78 is 0. The summed E-state index contributed by atoms with van der Waals surface area (Å²) in [5, 5.41) is 0. The van der Waals surface area contributed by atoms with Gasteiger partial charge in [-0.25, -0.2) is 0 Å². The van der Waals surface area contributed by atoms with Gasteiger partial charge in [0.1, 0.15) is 0 Å². The van der Waals surface area contributed by atoms with Crippen LogP contribution in [0.25, 0.3) is 0 Å². The highest BCUT2D eigenvalue weighted by molar-refractivity contribution is 4.77. The first-order valence-corrected chi connectivity index (χ1v) is 9.72. The Hall–Kier alpha value is -0.590. The van der Waals surface area contributed by atoms with E-state index in [1.54, 1.807) is 0 Å². The monoisotopic (exact) mass is 332 g/mol. The Morgan fingerprint density at radius 3 is 1.09 bits per heavy atom. The minimum absolute atomic E-state index is 0. The van der Waals surface area contributed by atoms with E-state index in [1.165, 1.54) is 44.9 Å². The molecule has 0 rings (SSSR count). The predicted octanol–water partition coefficient (Wildman–Crippen LogP) is 8.98. The number of allylic oxidation sites excluding steroid dienone is 3. The molecule has 0 aromatic carbocycles. The highest BCUT2D eigenvalue weighted by Crippen LogP contribution is 2.02. The molecule has 144 valence electrons. The lowest BCUT2D eigenvalue weighted by Gasteiger charge is -1.98. The van der Waals surface area contributed by atoms with Crippen molar-refractivity contribution in [1.82, 2.24) is 0 Å². The highest BCUT2D eigenvalue weighted by Gasteiger charge is 1.88. The van der Waals surface area contributed by atoms with Gasteiger partial charge in [-0.2, -0.15) is 0 Å². The molecule has 1 heteroatoms. The summed E-state index contributed by atoms with van der Waals surface area (Å²) in [6, 6.07) is 0. The number of unbranched alkanes of at least 4 members (excludes halogenated alkanes) is 1. The van der Waals surface area contributed by atoms with Gasteiger partial charge in [-0.1, -0.05) is 113 Å². The summed E-state index contributed by atoms with van der Waals surface area (Å²) in [6.45, 7) is 23.3. The van der Waals surface area contributed by atoms with Gasteiger partial charge in [-0.3, -0.25) is 4.70 Å². The first-order valence-electron chi connectivity index (χ1n) is 9.72. The minimum atomic E-state index is 0. The van der Waals surface area contributed by atoms with Crippen LogP contribution in [0.4, 0.5) is 4.70 Å². The van der Waals surface area contributed by atoms with E-state index in [1.807, 2.05) is 6.08 Å². The zero-order chi connectivity index (χ0) is 18.2. The van der Waals surface area contributed by atoms with Crippen LogP contribution in [0.1, 0.15) is 107 Å². The van der Waals surface area contributed by atoms with Gasteiger partial charge in [0.2, 0.25) is 0 Å². The first kappa shape index (κ1) is 33.9. The molecule has 1 atom stereocenters. The van der Waals surface area contributed by atoms with E-state index in [4.69, 9.17) is 0 Å². The second-order valence-corrected chi connectivity index (χ2v) is 5.83. The van der Waals surface area contributed by atoms with Gasteiger partial charge in [0.25, 0.3) is 0 Å². The van der Waals surface area contributed by atoms with Crippen molar-refractivity contribution in [2.75, 3.05) is 0 Å². The van der Waals surface area contributed by atoms with Crippen LogP contribution < -0.4 is 0 Å². The van der Waals surface area contributed by atoms with Crippen molar-refractivity contribution in [2.24, 2.45) is 11.8 Å². The molecule has 0 heterocycles. The van der Waals surface area contributed by atoms with E-state index in [0.717, 1.165) is 5.92 Å². The third kappa shape index (κ3) is 62.0. The second-order valence-electron chi connectivity index (χ2n) is 5.83. The third-order valence-corrected chi connectivity index (χ3v) is 3.58.